The van der Waals surface area contributed by atoms with Crippen molar-refractivity contribution in [3.05, 3.63) is 23.0 Å². The Morgan fingerprint density at radius 2 is 2.39 bits per heavy atom. The van der Waals surface area contributed by atoms with E-state index in [-0.39, 0.29) is 23.7 Å². The molecule has 1 atom stereocenters. The van der Waals surface area contributed by atoms with E-state index in [1.165, 1.54) is 6.20 Å². The predicted octanol–water partition coefficient (Wildman–Crippen LogP) is 0.208. The fraction of sp³-hybridized carbons (Fsp3) is 0.364. The smallest absolute Gasteiger partial charge is 0.324 e. The van der Waals surface area contributed by atoms with Gasteiger partial charge < -0.3 is 15.6 Å². The van der Waals surface area contributed by atoms with Gasteiger partial charge in [0, 0.05) is 17.5 Å². The standard InChI is InChI=1S/C11H14N2O4S/c1-6-10(15)8(3-14)7(2-13-6)4-17-11(16)9(12)5-18/h2-3,9,15,18H,4-5,12H2,1H3/t9-/m0/s1. The van der Waals surface area contributed by atoms with Crippen molar-refractivity contribution in [3.8, 4) is 5.75 Å². The number of hydrogen-bond donors (Lipinski definition) is 3. The van der Waals surface area contributed by atoms with Crippen LogP contribution in [0.2, 0.25) is 0 Å². The number of nitrogens with two attached hydrogens (primary N) is 1. The highest BCUT2D eigenvalue weighted by Gasteiger charge is 2.16. The predicted molar refractivity (Wildman–Crippen MR) is 67.7 cm³/mol. The zero-order chi connectivity index (χ0) is 13.7. The van der Waals surface area contributed by atoms with E-state index >= 15 is 0 Å². The van der Waals surface area contributed by atoms with E-state index < -0.39 is 12.0 Å². The van der Waals surface area contributed by atoms with Gasteiger partial charge in [0.2, 0.25) is 0 Å². The third kappa shape index (κ3) is 3.21. The summed E-state index contributed by atoms with van der Waals surface area (Å²) < 4.78 is 4.90. The summed E-state index contributed by atoms with van der Waals surface area (Å²) in [5.41, 5.74) is 6.14. The number of esters is 1. The second-order valence-electron chi connectivity index (χ2n) is 3.65. The molecule has 1 aromatic heterocycles. The van der Waals surface area contributed by atoms with Crippen LogP contribution in [0.25, 0.3) is 0 Å². The van der Waals surface area contributed by atoms with Crippen molar-refractivity contribution < 1.29 is 19.4 Å². The molecule has 0 aliphatic heterocycles. The molecule has 18 heavy (non-hydrogen) atoms. The number of carbonyl (C=O) groups excluding carboxylic acids is 2. The molecule has 0 radical (unpaired) electrons. The lowest BCUT2D eigenvalue weighted by Crippen LogP contribution is -2.33. The second kappa shape index (κ2) is 6.36. The fourth-order valence-electron chi connectivity index (χ4n) is 1.23. The number of aldehydes is 1. The minimum atomic E-state index is -0.819. The van der Waals surface area contributed by atoms with Crippen LogP contribution in [0.5, 0.6) is 5.75 Å². The summed E-state index contributed by atoms with van der Waals surface area (Å²) >= 11 is 3.87. The lowest BCUT2D eigenvalue weighted by atomic mass is 10.1. The number of aromatic nitrogens is 1. The van der Waals surface area contributed by atoms with Crippen LogP contribution in [0.3, 0.4) is 0 Å². The summed E-state index contributed by atoms with van der Waals surface area (Å²) in [6.45, 7) is 1.39. The number of aryl methyl sites for hydroxylation is 1. The van der Waals surface area contributed by atoms with Crippen molar-refractivity contribution in [2.75, 3.05) is 5.75 Å². The van der Waals surface area contributed by atoms with E-state index in [2.05, 4.69) is 17.6 Å². The SMILES string of the molecule is Cc1ncc(COC(=O)[C@@H](N)CS)c(C=O)c1O. The highest BCUT2D eigenvalue weighted by molar-refractivity contribution is 7.80. The van der Waals surface area contributed by atoms with Gasteiger partial charge in [-0.2, -0.15) is 12.6 Å². The zero-order valence-electron chi connectivity index (χ0n) is 9.79. The maximum absolute atomic E-state index is 11.3. The van der Waals surface area contributed by atoms with Gasteiger partial charge in [0.15, 0.2) is 6.29 Å². The molecule has 0 saturated carbocycles. The molecule has 0 aromatic carbocycles. The summed E-state index contributed by atoms with van der Waals surface area (Å²) in [6, 6.07) is -0.819. The van der Waals surface area contributed by atoms with Gasteiger partial charge in [-0.05, 0) is 6.92 Å². The average molecular weight is 270 g/mol. The Hall–Kier alpha value is -1.60. The molecule has 0 saturated heterocycles. The number of nitrogens with zero attached hydrogens (tertiary/aromatic N) is 1. The van der Waals surface area contributed by atoms with Crippen LogP contribution in [-0.4, -0.2) is 34.1 Å². The summed E-state index contributed by atoms with van der Waals surface area (Å²) in [7, 11) is 0. The van der Waals surface area contributed by atoms with Crippen LogP contribution >= 0.6 is 12.6 Å². The molecule has 3 N–H and O–H groups in total. The Kier molecular flexibility index (Phi) is 5.11. The van der Waals surface area contributed by atoms with Crippen molar-refractivity contribution >= 4 is 24.9 Å². The normalized spacial score (nSPS) is 11.9. The molecule has 0 aliphatic carbocycles. The Morgan fingerprint density at radius 3 is 2.94 bits per heavy atom. The van der Waals surface area contributed by atoms with Crippen LogP contribution in [-0.2, 0) is 16.1 Å². The van der Waals surface area contributed by atoms with E-state index in [4.69, 9.17) is 10.5 Å². The molecule has 1 rings (SSSR count). The Balaban J connectivity index is 2.83. The molecule has 0 fully saturated rings. The minimum absolute atomic E-state index is 0.0646. The molecule has 0 spiro atoms. The Labute approximate surface area is 110 Å². The number of aromatic hydroxyl groups is 1. The highest BCUT2D eigenvalue weighted by Crippen LogP contribution is 2.22. The first-order chi connectivity index (χ1) is 8.51. The van der Waals surface area contributed by atoms with Crippen LogP contribution in [0.1, 0.15) is 21.6 Å². The van der Waals surface area contributed by atoms with Crippen molar-refractivity contribution in [1.29, 1.82) is 0 Å². The largest absolute Gasteiger partial charge is 0.505 e. The van der Waals surface area contributed by atoms with E-state index in [1.807, 2.05) is 0 Å². The Morgan fingerprint density at radius 1 is 1.72 bits per heavy atom. The van der Waals surface area contributed by atoms with Crippen molar-refractivity contribution in [3.63, 3.8) is 0 Å². The maximum Gasteiger partial charge on any atom is 0.324 e. The monoisotopic (exact) mass is 270 g/mol. The van der Waals surface area contributed by atoms with E-state index in [0.29, 0.717) is 17.5 Å². The Bertz CT molecular complexity index is 465. The quantitative estimate of drug-likeness (QED) is 0.401. The number of pyridine rings is 1. The summed E-state index contributed by atoms with van der Waals surface area (Å²) in [5.74, 6) is -0.671. The van der Waals surface area contributed by atoms with Gasteiger partial charge >= 0.3 is 5.97 Å². The fourth-order valence-corrected chi connectivity index (χ4v) is 1.38. The molecule has 0 bridgehead atoms. The lowest BCUT2D eigenvalue weighted by Gasteiger charge is -2.11. The van der Waals surface area contributed by atoms with Crippen LogP contribution in [0.15, 0.2) is 6.20 Å². The minimum Gasteiger partial charge on any atom is -0.505 e. The summed E-state index contributed by atoms with van der Waals surface area (Å²) in [6.07, 6.45) is 1.87. The lowest BCUT2D eigenvalue weighted by molar-refractivity contribution is -0.145. The zero-order valence-corrected chi connectivity index (χ0v) is 10.7. The van der Waals surface area contributed by atoms with Crippen LogP contribution in [0, 0.1) is 6.92 Å². The maximum atomic E-state index is 11.3. The molecular formula is C11H14N2O4S. The molecule has 98 valence electrons. The summed E-state index contributed by atoms with van der Waals surface area (Å²) in [4.78, 5) is 26.1. The first kappa shape index (κ1) is 14.5. The van der Waals surface area contributed by atoms with Gasteiger partial charge in [0.25, 0.3) is 0 Å². The third-order valence-electron chi connectivity index (χ3n) is 2.35. The van der Waals surface area contributed by atoms with Crippen molar-refractivity contribution in [1.82, 2.24) is 4.98 Å². The van der Waals surface area contributed by atoms with E-state index in [1.54, 1.807) is 6.92 Å². The summed E-state index contributed by atoms with van der Waals surface area (Å²) in [5, 5.41) is 9.63. The first-order valence-corrected chi connectivity index (χ1v) is 5.80. The molecule has 7 heteroatoms. The number of hydrogen-bond acceptors (Lipinski definition) is 7. The molecular weight excluding hydrogens is 256 g/mol. The topological polar surface area (TPSA) is 103 Å². The van der Waals surface area contributed by atoms with Crippen molar-refractivity contribution in [2.45, 2.75) is 19.6 Å². The van der Waals surface area contributed by atoms with Gasteiger partial charge in [-0.3, -0.25) is 14.6 Å². The number of ether oxygens (including phenoxy) is 1. The molecule has 0 aliphatic rings. The average Bonchev–Trinajstić information content (AvgIpc) is 2.38. The number of rotatable bonds is 5. The molecule has 1 aromatic rings. The molecule has 0 amide bonds. The first-order valence-electron chi connectivity index (χ1n) is 5.17. The van der Waals surface area contributed by atoms with Gasteiger partial charge in [-0.25, -0.2) is 0 Å². The van der Waals surface area contributed by atoms with Gasteiger partial charge in [-0.1, -0.05) is 0 Å². The van der Waals surface area contributed by atoms with E-state index in [9.17, 15) is 14.7 Å². The van der Waals surface area contributed by atoms with Gasteiger partial charge in [0.1, 0.15) is 18.4 Å². The van der Waals surface area contributed by atoms with Gasteiger partial charge in [-0.15, -0.1) is 0 Å². The van der Waals surface area contributed by atoms with Crippen molar-refractivity contribution in [2.24, 2.45) is 5.73 Å². The molecule has 0 unspecified atom stereocenters. The van der Waals surface area contributed by atoms with E-state index in [0.717, 1.165) is 0 Å². The second-order valence-corrected chi connectivity index (χ2v) is 4.01. The molecule has 1 heterocycles. The molecule has 6 nitrogen and oxygen atoms in total. The number of carbonyl (C=O) groups is 2. The van der Waals surface area contributed by atoms with Crippen LogP contribution < -0.4 is 5.73 Å². The van der Waals surface area contributed by atoms with Crippen LogP contribution in [0.4, 0.5) is 0 Å². The highest BCUT2D eigenvalue weighted by atomic mass is 32.1. The number of thiol groups is 1. The van der Waals surface area contributed by atoms with Gasteiger partial charge in [0.05, 0.1) is 11.3 Å². The third-order valence-corrected chi connectivity index (χ3v) is 2.74.